The van der Waals surface area contributed by atoms with E-state index in [4.69, 9.17) is 17.3 Å². The number of carbonyl (C=O) groups excluding carboxylic acids is 1. The Kier molecular flexibility index (Phi) is 6.17. The molecule has 1 amide bonds. The monoisotopic (exact) mass is 445 g/mol. The van der Waals surface area contributed by atoms with Crippen LogP contribution in [0.5, 0.6) is 0 Å². The van der Waals surface area contributed by atoms with Crippen molar-refractivity contribution in [1.82, 2.24) is 14.9 Å². The van der Waals surface area contributed by atoms with Gasteiger partial charge in [-0.05, 0) is 49.3 Å². The summed E-state index contributed by atoms with van der Waals surface area (Å²) in [7, 11) is 0. The van der Waals surface area contributed by atoms with Crippen LogP contribution >= 0.6 is 11.6 Å². The molecule has 1 aliphatic heterocycles. The molecule has 0 saturated carbocycles. The summed E-state index contributed by atoms with van der Waals surface area (Å²) in [5.41, 5.74) is 9.25. The summed E-state index contributed by atoms with van der Waals surface area (Å²) in [4.78, 5) is 26.2. The van der Waals surface area contributed by atoms with Gasteiger partial charge in [-0.3, -0.25) is 4.79 Å². The number of piperazine rings is 1. The number of hydrogen-bond donors (Lipinski definition) is 1. The van der Waals surface area contributed by atoms with E-state index in [2.05, 4.69) is 35.6 Å². The van der Waals surface area contributed by atoms with Crippen molar-refractivity contribution in [2.24, 2.45) is 5.73 Å². The van der Waals surface area contributed by atoms with Crippen molar-refractivity contribution < 1.29 is 9.18 Å². The lowest BCUT2D eigenvalue weighted by atomic mass is 10.0. The zero-order valence-electron chi connectivity index (χ0n) is 18.2. The lowest BCUT2D eigenvalue weighted by molar-refractivity contribution is -0.133. The minimum Gasteiger partial charge on any atom is -0.350 e. The zero-order valence-corrected chi connectivity index (χ0v) is 18.9. The highest BCUT2D eigenvalue weighted by molar-refractivity contribution is 6.30. The van der Waals surface area contributed by atoms with Gasteiger partial charge in [-0.15, -0.1) is 0 Å². The number of aromatic nitrogens is 2. The van der Waals surface area contributed by atoms with Crippen LogP contribution in [0, 0.1) is 5.82 Å². The molecular weight excluding hydrogens is 417 g/mol. The first-order chi connectivity index (χ1) is 14.8. The normalized spacial score (nSPS) is 24.3. The summed E-state index contributed by atoms with van der Waals surface area (Å²) in [5, 5.41) is 0.0634. The van der Waals surface area contributed by atoms with Gasteiger partial charge in [0.2, 0.25) is 5.91 Å². The number of hydrogen-bond acceptors (Lipinski definition) is 5. The van der Waals surface area contributed by atoms with Crippen LogP contribution in [0.25, 0.3) is 0 Å². The maximum atomic E-state index is 13.7. The number of carbonyl (C=O) groups is 1. The topological polar surface area (TPSA) is 75.4 Å². The first-order valence-corrected chi connectivity index (χ1v) is 11.2. The lowest BCUT2D eigenvalue weighted by Crippen LogP contribution is -2.57. The van der Waals surface area contributed by atoms with Crippen LogP contribution in [0.4, 0.5) is 10.2 Å². The summed E-state index contributed by atoms with van der Waals surface area (Å²) in [6, 6.07) is 3.93. The molecule has 1 saturated heterocycles. The maximum Gasteiger partial charge on any atom is 0.239 e. The van der Waals surface area contributed by atoms with Crippen molar-refractivity contribution in [2.75, 3.05) is 24.5 Å². The molecule has 0 unspecified atom stereocenters. The largest absolute Gasteiger partial charge is 0.350 e. The van der Waals surface area contributed by atoms with Crippen LogP contribution in [-0.2, 0) is 11.2 Å². The number of amides is 1. The van der Waals surface area contributed by atoms with Crippen LogP contribution in [0.1, 0.15) is 55.8 Å². The summed E-state index contributed by atoms with van der Waals surface area (Å²) in [6.45, 7) is 8.40. The summed E-state index contributed by atoms with van der Waals surface area (Å²) in [5.74, 6) is 1.27. The van der Waals surface area contributed by atoms with Crippen LogP contribution < -0.4 is 10.6 Å². The molecule has 2 aliphatic rings. The molecule has 0 radical (unpaired) electrons. The van der Waals surface area contributed by atoms with Gasteiger partial charge in [0, 0.05) is 31.2 Å². The third kappa shape index (κ3) is 4.26. The molecular formula is C23H29ClFN5O. The van der Waals surface area contributed by atoms with Crippen molar-refractivity contribution in [3.63, 3.8) is 0 Å². The first-order valence-electron chi connectivity index (χ1n) is 10.9. The van der Waals surface area contributed by atoms with Crippen molar-refractivity contribution in [1.29, 1.82) is 0 Å². The number of nitrogens with two attached hydrogens (primary N) is 1. The van der Waals surface area contributed by atoms with E-state index in [1.807, 2.05) is 4.90 Å². The van der Waals surface area contributed by atoms with E-state index in [1.165, 1.54) is 17.7 Å². The van der Waals surface area contributed by atoms with E-state index in [1.54, 1.807) is 12.4 Å². The molecule has 4 rings (SSSR count). The average molecular weight is 446 g/mol. The number of halogens is 2. The minimum absolute atomic E-state index is 0.0634. The van der Waals surface area contributed by atoms with E-state index in [0.717, 1.165) is 17.9 Å². The highest BCUT2D eigenvalue weighted by atomic mass is 35.5. The molecule has 166 valence electrons. The van der Waals surface area contributed by atoms with Crippen LogP contribution in [0.3, 0.4) is 0 Å². The van der Waals surface area contributed by atoms with Gasteiger partial charge in [-0.25, -0.2) is 14.4 Å². The maximum absolute atomic E-state index is 13.7. The van der Waals surface area contributed by atoms with E-state index in [0.29, 0.717) is 37.0 Å². The molecule has 1 fully saturated rings. The Labute approximate surface area is 187 Å². The molecule has 0 spiro atoms. The molecule has 1 aromatic carbocycles. The molecule has 4 atom stereocenters. The van der Waals surface area contributed by atoms with Gasteiger partial charge >= 0.3 is 0 Å². The average Bonchev–Trinajstić information content (AvgIpc) is 3.04. The Balaban J connectivity index is 1.44. The van der Waals surface area contributed by atoms with E-state index in [-0.39, 0.29) is 23.4 Å². The Morgan fingerprint density at radius 2 is 2.03 bits per heavy atom. The molecule has 6 nitrogen and oxygen atoms in total. The minimum atomic E-state index is -0.719. The van der Waals surface area contributed by atoms with Crippen LogP contribution in [0.15, 0.2) is 24.5 Å². The highest BCUT2D eigenvalue weighted by Gasteiger charge is 2.35. The predicted molar refractivity (Wildman–Crippen MR) is 120 cm³/mol. The number of rotatable bonds is 4. The van der Waals surface area contributed by atoms with Crippen LogP contribution in [0.2, 0.25) is 5.02 Å². The van der Waals surface area contributed by atoms with Gasteiger partial charge in [0.25, 0.3) is 0 Å². The van der Waals surface area contributed by atoms with Gasteiger partial charge in [0.05, 0.1) is 16.8 Å². The third-order valence-electron chi connectivity index (χ3n) is 6.53. The van der Waals surface area contributed by atoms with Gasteiger partial charge in [-0.2, -0.15) is 0 Å². The second-order valence-electron chi connectivity index (χ2n) is 8.92. The van der Waals surface area contributed by atoms with Crippen molar-refractivity contribution in [3.05, 3.63) is 52.2 Å². The van der Waals surface area contributed by atoms with Crippen molar-refractivity contribution >= 4 is 23.3 Å². The standard InChI is InChI=1S/C23H29ClFN5O/c1-13-8-14(2)21-20(13)22(28-12-27-21)30-7-6-29(11-15(30)3)23(31)19(26)10-16-4-5-17(24)18(25)9-16/h4-5,9,12-15,19H,6-8,10-11,26H2,1-3H3/t13-,14-,15+,19-/m1/s1. The van der Waals surface area contributed by atoms with Gasteiger partial charge < -0.3 is 15.5 Å². The second-order valence-corrected chi connectivity index (χ2v) is 9.33. The van der Waals surface area contributed by atoms with E-state index in [9.17, 15) is 9.18 Å². The molecule has 1 aromatic heterocycles. The molecule has 2 heterocycles. The fourth-order valence-corrected chi connectivity index (χ4v) is 5.09. The van der Waals surface area contributed by atoms with Gasteiger partial charge in [-0.1, -0.05) is 31.5 Å². The Morgan fingerprint density at radius 1 is 1.26 bits per heavy atom. The molecule has 2 N–H and O–H groups in total. The zero-order chi connectivity index (χ0) is 22.3. The smallest absolute Gasteiger partial charge is 0.239 e. The summed E-state index contributed by atoms with van der Waals surface area (Å²) >= 11 is 5.74. The Bertz CT molecular complexity index is 986. The van der Waals surface area contributed by atoms with Crippen molar-refractivity contribution in [2.45, 2.75) is 57.5 Å². The molecule has 1 aliphatic carbocycles. The highest BCUT2D eigenvalue weighted by Crippen LogP contribution is 2.44. The van der Waals surface area contributed by atoms with Crippen LogP contribution in [-0.4, -0.2) is 52.5 Å². The number of anilines is 1. The Morgan fingerprint density at radius 3 is 2.74 bits per heavy atom. The fourth-order valence-electron chi connectivity index (χ4n) is 4.97. The summed E-state index contributed by atoms with van der Waals surface area (Å²) < 4.78 is 13.7. The third-order valence-corrected chi connectivity index (χ3v) is 6.83. The molecule has 8 heteroatoms. The Hall–Kier alpha value is -2.25. The van der Waals surface area contributed by atoms with E-state index < -0.39 is 11.9 Å². The lowest BCUT2D eigenvalue weighted by Gasteiger charge is -2.42. The fraction of sp³-hybridized carbons (Fsp3) is 0.522. The second kappa shape index (κ2) is 8.71. The van der Waals surface area contributed by atoms with Crippen molar-refractivity contribution in [3.8, 4) is 0 Å². The number of fused-ring (bicyclic) bond motifs is 1. The quantitative estimate of drug-likeness (QED) is 0.779. The van der Waals surface area contributed by atoms with E-state index >= 15 is 0 Å². The molecule has 0 bridgehead atoms. The molecule has 31 heavy (non-hydrogen) atoms. The summed E-state index contributed by atoms with van der Waals surface area (Å²) in [6.07, 6.45) is 3.03. The number of benzene rings is 1. The van der Waals surface area contributed by atoms with Gasteiger partial charge in [0.15, 0.2) is 0 Å². The van der Waals surface area contributed by atoms with Gasteiger partial charge in [0.1, 0.15) is 18.0 Å². The molecule has 2 aromatic rings. The predicted octanol–water partition coefficient (Wildman–Crippen LogP) is 3.49. The number of nitrogens with zero attached hydrogens (tertiary/aromatic N) is 4. The first kappa shape index (κ1) is 22.0. The SMILES string of the molecule is C[C@@H]1C[C@@H](C)c2c1ncnc2N1CCN(C(=O)[C@H](N)Cc2ccc(Cl)c(F)c2)C[C@@H]1C.